The molecule has 258 valence electrons. The lowest BCUT2D eigenvalue weighted by atomic mass is 9.97. The van der Waals surface area contributed by atoms with Crippen molar-refractivity contribution in [3.8, 4) is 78.9 Å². The molecule has 10 rings (SSSR count). The highest BCUT2D eigenvalue weighted by Gasteiger charge is 2.17. The molecule has 0 radical (unpaired) electrons. The van der Waals surface area contributed by atoms with Gasteiger partial charge in [-0.3, -0.25) is 4.40 Å². The molecule has 55 heavy (non-hydrogen) atoms. The highest BCUT2D eigenvalue weighted by Crippen LogP contribution is 2.35. The molecule has 0 unspecified atom stereocenters. The summed E-state index contributed by atoms with van der Waals surface area (Å²) in [6, 6.07) is 67.2. The highest BCUT2D eigenvalue weighted by atomic mass is 15.0. The van der Waals surface area contributed by atoms with Gasteiger partial charge in [-0.05, 0) is 51.2 Å². The molecule has 5 nitrogen and oxygen atoms in total. The van der Waals surface area contributed by atoms with Gasteiger partial charge in [-0.1, -0.05) is 176 Å². The number of rotatable bonds is 7. The van der Waals surface area contributed by atoms with Gasteiger partial charge in [0, 0.05) is 34.0 Å². The van der Waals surface area contributed by atoms with Gasteiger partial charge < -0.3 is 0 Å². The molecule has 3 aromatic heterocycles. The van der Waals surface area contributed by atoms with Gasteiger partial charge in [0.15, 0.2) is 17.5 Å². The second-order valence-electron chi connectivity index (χ2n) is 13.5. The quantitative estimate of drug-likeness (QED) is 0.166. The van der Waals surface area contributed by atoms with Crippen molar-refractivity contribution in [2.24, 2.45) is 0 Å². The Labute approximate surface area is 319 Å². The minimum atomic E-state index is 0.624. The fourth-order valence-corrected chi connectivity index (χ4v) is 7.35. The van der Waals surface area contributed by atoms with Gasteiger partial charge in [0.1, 0.15) is 5.65 Å². The zero-order valence-corrected chi connectivity index (χ0v) is 29.8. The maximum atomic E-state index is 5.07. The molecule has 0 N–H and O–H groups in total. The Morgan fingerprint density at radius 1 is 0.327 bits per heavy atom. The van der Waals surface area contributed by atoms with Gasteiger partial charge >= 0.3 is 0 Å². The van der Waals surface area contributed by atoms with Crippen LogP contribution in [0.4, 0.5) is 0 Å². The molecule has 0 aliphatic rings. The number of aromatic nitrogens is 5. The molecule has 0 aliphatic carbocycles. The lowest BCUT2D eigenvalue weighted by Crippen LogP contribution is -2.00. The fourth-order valence-electron chi connectivity index (χ4n) is 7.35. The van der Waals surface area contributed by atoms with E-state index in [1.807, 2.05) is 54.6 Å². The maximum Gasteiger partial charge on any atom is 0.164 e. The first-order valence-corrected chi connectivity index (χ1v) is 18.4. The van der Waals surface area contributed by atoms with E-state index in [1.165, 1.54) is 16.3 Å². The van der Waals surface area contributed by atoms with E-state index in [9.17, 15) is 0 Å². The van der Waals surface area contributed by atoms with Crippen LogP contribution in [0.2, 0.25) is 0 Å². The Morgan fingerprint density at radius 3 is 1.62 bits per heavy atom. The lowest BCUT2D eigenvalue weighted by Gasteiger charge is -2.11. The van der Waals surface area contributed by atoms with E-state index in [2.05, 4.69) is 150 Å². The van der Waals surface area contributed by atoms with Crippen molar-refractivity contribution in [2.45, 2.75) is 0 Å². The number of hydrogen-bond donors (Lipinski definition) is 0. The smallest absolute Gasteiger partial charge is 0.164 e. The monoisotopic (exact) mass is 703 g/mol. The van der Waals surface area contributed by atoms with Crippen LogP contribution in [-0.2, 0) is 0 Å². The summed E-state index contributed by atoms with van der Waals surface area (Å²) in [4.78, 5) is 20.1. The lowest BCUT2D eigenvalue weighted by molar-refractivity contribution is 1.07. The number of pyridine rings is 1. The molecular weight excluding hydrogens is 671 g/mol. The maximum absolute atomic E-state index is 5.07. The van der Waals surface area contributed by atoms with Crippen LogP contribution < -0.4 is 0 Å². The molecule has 0 saturated carbocycles. The van der Waals surface area contributed by atoms with E-state index in [0.717, 1.165) is 61.5 Å². The molecule has 0 fully saturated rings. The van der Waals surface area contributed by atoms with Gasteiger partial charge in [0.2, 0.25) is 0 Å². The molecular formula is C50H33N5. The predicted molar refractivity (Wildman–Crippen MR) is 224 cm³/mol. The summed E-state index contributed by atoms with van der Waals surface area (Å²) >= 11 is 0. The van der Waals surface area contributed by atoms with Gasteiger partial charge in [0.25, 0.3) is 0 Å². The van der Waals surface area contributed by atoms with E-state index >= 15 is 0 Å². The van der Waals surface area contributed by atoms with Crippen LogP contribution in [0.5, 0.6) is 0 Å². The van der Waals surface area contributed by atoms with Gasteiger partial charge in [-0.25, -0.2) is 19.9 Å². The summed E-state index contributed by atoms with van der Waals surface area (Å²) in [6.07, 6.45) is 2.08. The third-order valence-electron chi connectivity index (χ3n) is 10.1. The van der Waals surface area contributed by atoms with E-state index in [1.54, 1.807) is 0 Å². The van der Waals surface area contributed by atoms with Crippen molar-refractivity contribution in [2.75, 3.05) is 0 Å². The molecule has 0 saturated heterocycles. The minimum Gasteiger partial charge on any atom is -0.299 e. The number of imidazole rings is 1. The molecule has 0 aliphatic heterocycles. The Kier molecular flexibility index (Phi) is 8.08. The molecule has 0 atom stereocenters. The van der Waals surface area contributed by atoms with Crippen LogP contribution in [-0.4, -0.2) is 24.3 Å². The van der Waals surface area contributed by atoms with Crippen molar-refractivity contribution < 1.29 is 0 Å². The van der Waals surface area contributed by atoms with Crippen LogP contribution in [0.1, 0.15) is 0 Å². The number of fused-ring (bicyclic) bond motifs is 2. The first-order chi connectivity index (χ1) is 27.2. The Balaban J connectivity index is 1.02. The van der Waals surface area contributed by atoms with Crippen molar-refractivity contribution in [3.05, 3.63) is 200 Å². The average Bonchev–Trinajstić information content (AvgIpc) is 3.67. The Morgan fingerprint density at radius 2 is 0.855 bits per heavy atom. The van der Waals surface area contributed by atoms with Crippen LogP contribution in [0.3, 0.4) is 0 Å². The molecule has 0 amide bonds. The summed E-state index contributed by atoms with van der Waals surface area (Å²) in [7, 11) is 0. The van der Waals surface area contributed by atoms with Crippen molar-refractivity contribution in [1.82, 2.24) is 24.3 Å². The largest absolute Gasteiger partial charge is 0.299 e. The molecule has 0 spiro atoms. The minimum absolute atomic E-state index is 0.624. The number of benzene rings is 7. The van der Waals surface area contributed by atoms with Crippen LogP contribution in [0.15, 0.2) is 200 Å². The third-order valence-corrected chi connectivity index (χ3v) is 10.1. The van der Waals surface area contributed by atoms with E-state index in [-0.39, 0.29) is 0 Å². The average molecular weight is 704 g/mol. The highest BCUT2D eigenvalue weighted by molar-refractivity contribution is 5.96. The standard InChI is InChI=1S/C50H33N5/c1-3-14-37(15-4-1)46-47(55-32-10-9-23-45(55)51-46)38-28-24-34(25-29-38)41-19-11-20-42(33-41)50-53-48(39-16-5-2-6-17-39)52-49(54-50)40-30-26-36(27-31-40)44-22-12-18-35-13-7-8-21-43(35)44/h1-33H. The van der Waals surface area contributed by atoms with Gasteiger partial charge in [-0.2, -0.15) is 0 Å². The topological polar surface area (TPSA) is 56.0 Å². The summed E-state index contributed by atoms with van der Waals surface area (Å²) in [5.41, 5.74) is 12.4. The summed E-state index contributed by atoms with van der Waals surface area (Å²) in [5.74, 6) is 1.89. The van der Waals surface area contributed by atoms with Crippen LogP contribution in [0.25, 0.3) is 95.4 Å². The fraction of sp³-hybridized carbons (Fsp3) is 0. The van der Waals surface area contributed by atoms with Crippen molar-refractivity contribution in [1.29, 1.82) is 0 Å². The third kappa shape index (κ3) is 6.14. The summed E-state index contributed by atoms with van der Waals surface area (Å²) in [6.45, 7) is 0. The van der Waals surface area contributed by atoms with E-state index in [0.29, 0.717) is 17.5 Å². The summed E-state index contributed by atoms with van der Waals surface area (Å²) in [5, 5.41) is 2.45. The van der Waals surface area contributed by atoms with Crippen molar-refractivity contribution in [3.63, 3.8) is 0 Å². The first kappa shape index (κ1) is 32.2. The second-order valence-corrected chi connectivity index (χ2v) is 13.5. The normalized spacial score (nSPS) is 11.3. The SMILES string of the molecule is c1ccc(-c2nc(-c3ccc(-c4cccc5ccccc45)cc3)nc(-c3cccc(-c4ccc(-c5c(-c6ccccc6)nc6ccccn56)cc4)c3)n2)cc1. The summed E-state index contributed by atoms with van der Waals surface area (Å²) < 4.78 is 2.16. The number of nitrogens with zero attached hydrogens (tertiary/aromatic N) is 5. The van der Waals surface area contributed by atoms with E-state index < -0.39 is 0 Å². The first-order valence-electron chi connectivity index (χ1n) is 18.4. The predicted octanol–water partition coefficient (Wildman–Crippen LogP) is 12.3. The molecule has 5 heteroatoms. The zero-order chi connectivity index (χ0) is 36.6. The molecule has 3 heterocycles. The van der Waals surface area contributed by atoms with E-state index in [4.69, 9.17) is 19.9 Å². The van der Waals surface area contributed by atoms with Crippen LogP contribution in [0, 0.1) is 0 Å². The zero-order valence-electron chi connectivity index (χ0n) is 29.8. The molecule has 7 aromatic carbocycles. The molecule has 0 bridgehead atoms. The molecule has 10 aromatic rings. The Bertz CT molecular complexity index is 2950. The second kappa shape index (κ2) is 13.8. The van der Waals surface area contributed by atoms with Crippen LogP contribution >= 0.6 is 0 Å². The van der Waals surface area contributed by atoms with Gasteiger partial charge in [0.05, 0.1) is 11.4 Å². The van der Waals surface area contributed by atoms with Gasteiger partial charge in [-0.15, -0.1) is 0 Å². The number of hydrogen-bond acceptors (Lipinski definition) is 4. The van der Waals surface area contributed by atoms with Crippen molar-refractivity contribution >= 4 is 16.4 Å². The Hall–Kier alpha value is -7.50.